The first-order valence-corrected chi connectivity index (χ1v) is 7.34. The third-order valence-corrected chi connectivity index (χ3v) is 4.21. The molecule has 0 bridgehead atoms. The Labute approximate surface area is 122 Å². The van der Waals surface area contributed by atoms with Gasteiger partial charge in [-0.05, 0) is 50.0 Å². The average molecular weight is 271 g/mol. The third-order valence-electron chi connectivity index (χ3n) is 4.21. The van der Waals surface area contributed by atoms with Crippen LogP contribution in [-0.2, 0) is 0 Å². The van der Waals surface area contributed by atoms with Crippen LogP contribution in [0.1, 0.15) is 26.7 Å². The molecule has 0 aromatic heterocycles. The number of allylic oxidation sites excluding steroid dienone is 4. The maximum Gasteiger partial charge on any atom is 0.0467 e. The zero-order chi connectivity index (χ0) is 14.5. The Morgan fingerprint density at radius 3 is 2.80 bits per heavy atom. The van der Waals surface area contributed by atoms with Gasteiger partial charge < -0.3 is 5.32 Å². The lowest BCUT2D eigenvalue weighted by molar-refractivity contribution is 0.683. The molecule has 3 nitrogen and oxygen atoms in total. The van der Waals surface area contributed by atoms with E-state index >= 15 is 0 Å². The highest BCUT2D eigenvalue weighted by Crippen LogP contribution is 2.29. The van der Waals surface area contributed by atoms with Crippen molar-refractivity contribution in [2.24, 2.45) is 15.9 Å². The Morgan fingerprint density at radius 1 is 1.35 bits per heavy atom. The largest absolute Gasteiger partial charge is 0.312 e. The minimum Gasteiger partial charge on any atom is -0.312 e. The highest BCUT2D eigenvalue weighted by Gasteiger charge is 2.26. The summed E-state index contributed by atoms with van der Waals surface area (Å²) in [6.45, 7) is 6.42. The van der Waals surface area contributed by atoms with E-state index in [9.17, 15) is 0 Å². The Hall–Kier alpha value is -1.48. The topological polar surface area (TPSA) is 36.8 Å². The number of rotatable bonds is 3. The molecule has 0 aromatic carbocycles. The fourth-order valence-electron chi connectivity index (χ4n) is 3.07. The number of hydrogen-bond donors (Lipinski definition) is 1. The summed E-state index contributed by atoms with van der Waals surface area (Å²) in [5, 5.41) is 3.47. The minimum absolute atomic E-state index is 0.346. The molecule has 1 aliphatic carbocycles. The van der Waals surface area contributed by atoms with Gasteiger partial charge in [0.2, 0.25) is 0 Å². The molecule has 1 aliphatic heterocycles. The third kappa shape index (κ3) is 2.98. The van der Waals surface area contributed by atoms with Gasteiger partial charge in [-0.1, -0.05) is 17.7 Å². The summed E-state index contributed by atoms with van der Waals surface area (Å²) in [6.07, 6.45) is 8.59. The second-order valence-corrected chi connectivity index (χ2v) is 5.51. The quantitative estimate of drug-likeness (QED) is 0.787. The lowest BCUT2D eigenvalue weighted by Crippen LogP contribution is -2.32. The van der Waals surface area contributed by atoms with Crippen LogP contribution in [0.3, 0.4) is 0 Å². The minimum atomic E-state index is 0.346. The van der Waals surface area contributed by atoms with Crippen molar-refractivity contribution in [2.45, 2.75) is 26.7 Å². The lowest BCUT2D eigenvalue weighted by Gasteiger charge is -2.28. The molecule has 0 aromatic rings. The predicted molar refractivity (Wildman–Crippen MR) is 87.9 cm³/mol. The van der Waals surface area contributed by atoms with Gasteiger partial charge in [0.15, 0.2) is 0 Å². The van der Waals surface area contributed by atoms with Crippen molar-refractivity contribution < 1.29 is 0 Å². The zero-order valence-electron chi connectivity index (χ0n) is 13.0. The van der Waals surface area contributed by atoms with Gasteiger partial charge in [-0.3, -0.25) is 9.98 Å². The number of nitrogens with one attached hydrogen (secondary N) is 1. The molecule has 1 unspecified atom stereocenters. The van der Waals surface area contributed by atoms with E-state index in [1.54, 1.807) is 0 Å². The van der Waals surface area contributed by atoms with E-state index in [2.05, 4.69) is 41.3 Å². The van der Waals surface area contributed by atoms with Crippen molar-refractivity contribution >= 4 is 11.9 Å². The molecule has 0 radical (unpaired) electrons. The summed E-state index contributed by atoms with van der Waals surface area (Å²) in [4.78, 5) is 8.88. The molecule has 0 saturated carbocycles. The van der Waals surface area contributed by atoms with Gasteiger partial charge in [-0.15, -0.1) is 0 Å². The van der Waals surface area contributed by atoms with Crippen LogP contribution < -0.4 is 5.32 Å². The fraction of sp³-hybridized carbons (Fsp3) is 0.529. The lowest BCUT2D eigenvalue weighted by atomic mass is 9.80. The van der Waals surface area contributed by atoms with Gasteiger partial charge in [0.05, 0.1) is 0 Å². The van der Waals surface area contributed by atoms with E-state index in [1.807, 2.05) is 20.3 Å². The summed E-state index contributed by atoms with van der Waals surface area (Å²) in [5.74, 6) is 0.346. The van der Waals surface area contributed by atoms with E-state index in [0.717, 1.165) is 25.9 Å². The fourth-order valence-corrected chi connectivity index (χ4v) is 3.07. The summed E-state index contributed by atoms with van der Waals surface area (Å²) in [6, 6.07) is 0. The number of nitrogens with zero attached hydrogens (tertiary/aromatic N) is 2. The van der Waals surface area contributed by atoms with Crippen molar-refractivity contribution in [3.8, 4) is 0 Å². The Bertz CT molecular complexity index is 518. The predicted octanol–water partition coefficient (Wildman–Crippen LogP) is 2.96. The molecular weight excluding hydrogens is 246 g/mol. The van der Waals surface area contributed by atoms with Gasteiger partial charge in [-0.25, -0.2) is 0 Å². The smallest absolute Gasteiger partial charge is 0.0467 e. The molecule has 0 spiro atoms. The van der Waals surface area contributed by atoms with Crippen LogP contribution >= 0.6 is 0 Å². The average Bonchev–Trinajstić information content (AvgIpc) is 2.45. The summed E-state index contributed by atoms with van der Waals surface area (Å²) >= 11 is 0. The van der Waals surface area contributed by atoms with Gasteiger partial charge in [-0.2, -0.15) is 0 Å². The van der Waals surface area contributed by atoms with Gasteiger partial charge >= 0.3 is 0 Å². The Kier molecular flexibility index (Phi) is 5.07. The first-order chi connectivity index (χ1) is 9.69. The Balaban J connectivity index is 2.40. The van der Waals surface area contributed by atoms with Crippen LogP contribution in [0.15, 0.2) is 44.4 Å². The SMILES string of the molecule is CN=CC1=C(C)C=CCC1C(=NC)C1=C(C)CCNC1. The first-order valence-electron chi connectivity index (χ1n) is 7.34. The second-order valence-electron chi connectivity index (χ2n) is 5.51. The van der Waals surface area contributed by atoms with Crippen molar-refractivity contribution in [3.05, 3.63) is 34.4 Å². The molecule has 0 fully saturated rings. The highest BCUT2D eigenvalue weighted by molar-refractivity contribution is 6.08. The van der Waals surface area contributed by atoms with Crippen LogP contribution in [0.2, 0.25) is 0 Å². The molecule has 3 heteroatoms. The first kappa shape index (κ1) is 14.9. The molecule has 1 N–H and O–H groups in total. The number of aliphatic imine (C=N–C) groups is 2. The van der Waals surface area contributed by atoms with Crippen molar-refractivity contribution in [1.82, 2.24) is 5.32 Å². The normalized spacial score (nSPS) is 25.0. The molecule has 2 rings (SSSR count). The summed E-state index contributed by atoms with van der Waals surface area (Å²) in [5.41, 5.74) is 6.71. The highest BCUT2D eigenvalue weighted by atomic mass is 14.9. The molecule has 2 aliphatic rings. The molecular formula is C17H25N3. The van der Waals surface area contributed by atoms with Crippen molar-refractivity contribution in [3.63, 3.8) is 0 Å². The van der Waals surface area contributed by atoms with Crippen LogP contribution in [0, 0.1) is 5.92 Å². The van der Waals surface area contributed by atoms with E-state index in [-0.39, 0.29) is 0 Å². The van der Waals surface area contributed by atoms with Crippen LogP contribution in [0.25, 0.3) is 0 Å². The number of hydrogen-bond acceptors (Lipinski definition) is 3. The maximum absolute atomic E-state index is 4.64. The monoisotopic (exact) mass is 271 g/mol. The maximum atomic E-state index is 4.64. The summed E-state index contributed by atoms with van der Waals surface area (Å²) < 4.78 is 0. The van der Waals surface area contributed by atoms with Crippen LogP contribution in [0.5, 0.6) is 0 Å². The van der Waals surface area contributed by atoms with Gasteiger partial charge in [0, 0.05) is 38.5 Å². The molecule has 1 heterocycles. The zero-order valence-corrected chi connectivity index (χ0v) is 13.0. The van der Waals surface area contributed by atoms with Crippen molar-refractivity contribution in [1.29, 1.82) is 0 Å². The van der Waals surface area contributed by atoms with Gasteiger partial charge in [0.1, 0.15) is 0 Å². The standard InChI is InChI=1S/C17H25N3/c1-12-6-5-7-14(15(12)10-18-3)17(19-4)16-11-20-9-8-13(16)2/h5-6,10,14,20H,7-9,11H2,1-4H3. The van der Waals surface area contributed by atoms with Crippen LogP contribution in [-0.4, -0.2) is 39.1 Å². The molecule has 108 valence electrons. The molecule has 1 atom stereocenters. The van der Waals surface area contributed by atoms with E-state index in [0.29, 0.717) is 5.92 Å². The molecule has 0 amide bonds. The second kappa shape index (κ2) is 6.80. The molecule has 20 heavy (non-hydrogen) atoms. The van der Waals surface area contributed by atoms with Crippen molar-refractivity contribution in [2.75, 3.05) is 27.2 Å². The molecule has 0 saturated heterocycles. The summed E-state index contributed by atoms with van der Waals surface area (Å²) in [7, 11) is 3.75. The van der Waals surface area contributed by atoms with E-state index in [1.165, 1.54) is 28.0 Å². The van der Waals surface area contributed by atoms with E-state index < -0.39 is 0 Å². The van der Waals surface area contributed by atoms with E-state index in [4.69, 9.17) is 0 Å². The Morgan fingerprint density at radius 2 is 2.15 bits per heavy atom. The van der Waals surface area contributed by atoms with Crippen LogP contribution in [0.4, 0.5) is 0 Å². The van der Waals surface area contributed by atoms with Gasteiger partial charge in [0.25, 0.3) is 0 Å².